The Labute approximate surface area is 123 Å². The van der Waals surface area contributed by atoms with Crippen LogP contribution in [0.25, 0.3) is 0 Å². The van der Waals surface area contributed by atoms with E-state index in [0.29, 0.717) is 24.2 Å². The molecule has 0 radical (unpaired) electrons. The van der Waals surface area contributed by atoms with Crippen LogP contribution in [-0.2, 0) is 13.1 Å². The molecule has 2 aromatic rings. The molecule has 1 heterocycles. The zero-order chi connectivity index (χ0) is 14.7. The van der Waals surface area contributed by atoms with Gasteiger partial charge in [0, 0.05) is 29.8 Å². The van der Waals surface area contributed by atoms with Crippen LogP contribution in [0.15, 0.2) is 34.9 Å². The lowest BCUT2D eigenvalue weighted by Crippen LogP contribution is -2.20. The van der Waals surface area contributed by atoms with Gasteiger partial charge < -0.3 is 10.2 Å². The molecule has 1 aromatic carbocycles. The normalized spacial score (nSPS) is 11.0. The number of thiocarbonyl (C=S) groups is 1. The van der Waals surface area contributed by atoms with Gasteiger partial charge in [-0.25, -0.2) is 4.39 Å². The van der Waals surface area contributed by atoms with E-state index in [9.17, 15) is 4.39 Å². The molecule has 0 aliphatic rings. The molecule has 0 spiro atoms. The third kappa shape index (κ3) is 3.23. The second kappa shape index (κ2) is 6.15. The fourth-order valence-corrected chi connectivity index (χ4v) is 2.26. The zero-order valence-corrected chi connectivity index (χ0v) is 12.3. The Balaban J connectivity index is 2.12. The van der Waals surface area contributed by atoms with Gasteiger partial charge in [-0.15, -0.1) is 0 Å². The number of rotatable bonds is 5. The third-order valence-corrected chi connectivity index (χ3v) is 3.41. The smallest absolute Gasteiger partial charge is 0.137 e. The molecule has 2 N–H and O–H groups in total. The van der Waals surface area contributed by atoms with E-state index in [1.54, 1.807) is 24.5 Å². The summed E-state index contributed by atoms with van der Waals surface area (Å²) in [6.45, 7) is 3.09. The molecule has 0 aliphatic heterocycles. The number of halogens is 1. The maximum atomic E-state index is 14.2. The van der Waals surface area contributed by atoms with Gasteiger partial charge in [0.2, 0.25) is 0 Å². The fourth-order valence-electron chi connectivity index (χ4n) is 2.10. The van der Waals surface area contributed by atoms with Crippen LogP contribution in [-0.4, -0.2) is 16.9 Å². The van der Waals surface area contributed by atoms with Crippen molar-refractivity contribution in [2.24, 2.45) is 5.73 Å². The second-order valence-electron chi connectivity index (χ2n) is 4.82. The molecular formula is C15H17FN2OS. The average Bonchev–Trinajstić information content (AvgIpc) is 2.77. The molecular weight excluding hydrogens is 275 g/mol. The number of nitrogens with two attached hydrogens (primary N) is 1. The molecule has 0 saturated heterocycles. The third-order valence-electron chi connectivity index (χ3n) is 3.19. The molecule has 5 heteroatoms. The second-order valence-corrected chi connectivity index (χ2v) is 5.26. The van der Waals surface area contributed by atoms with E-state index in [1.165, 1.54) is 0 Å². The predicted molar refractivity (Wildman–Crippen MR) is 80.9 cm³/mol. The number of nitrogens with zero attached hydrogens (tertiary/aromatic N) is 1. The van der Waals surface area contributed by atoms with Gasteiger partial charge in [-0.2, -0.15) is 0 Å². The van der Waals surface area contributed by atoms with Crippen LogP contribution in [0.5, 0.6) is 0 Å². The standard InChI is InChI=1S/C15H17FN2OS/c1-10-11(6-7-19-10)8-18(2)9-12-4-3-5-13(14(12)16)15(17)20/h3-7H,8-9H2,1-2H3,(H2,17,20). The van der Waals surface area contributed by atoms with E-state index in [0.717, 1.165) is 11.3 Å². The first-order valence-corrected chi connectivity index (χ1v) is 6.68. The van der Waals surface area contributed by atoms with Crippen molar-refractivity contribution >= 4 is 17.2 Å². The molecule has 1 aromatic heterocycles. The van der Waals surface area contributed by atoms with Gasteiger partial charge in [-0.3, -0.25) is 4.90 Å². The van der Waals surface area contributed by atoms with Gasteiger partial charge in [0.1, 0.15) is 16.6 Å². The van der Waals surface area contributed by atoms with Crippen LogP contribution < -0.4 is 5.73 Å². The Bertz CT molecular complexity index is 624. The van der Waals surface area contributed by atoms with Crippen molar-refractivity contribution in [3.05, 3.63) is 58.8 Å². The SMILES string of the molecule is Cc1occc1CN(C)Cc1cccc(C(N)=S)c1F. The summed E-state index contributed by atoms with van der Waals surface area (Å²) in [7, 11) is 1.93. The summed E-state index contributed by atoms with van der Waals surface area (Å²) in [6.07, 6.45) is 1.66. The number of hydrogen-bond donors (Lipinski definition) is 1. The van der Waals surface area contributed by atoms with E-state index in [2.05, 4.69) is 0 Å². The van der Waals surface area contributed by atoms with Gasteiger partial charge in [-0.05, 0) is 26.1 Å². The minimum absolute atomic E-state index is 0.0812. The lowest BCUT2D eigenvalue weighted by Gasteiger charge is -2.17. The Hall–Kier alpha value is -1.72. The minimum Gasteiger partial charge on any atom is -0.469 e. The average molecular weight is 292 g/mol. The molecule has 106 valence electrons. The van der Waals surface area contributed by atoms with Crippen molar-refractivity contribution in [1.82, 2.24) is 4.90 Å². The first-order valence-electron chi connectivity index (χ1n) is 6.27. The van der Waals surface area contributed by atoms with Gasteiger partial charge in [0.05, 0.1) is 6.26 Å². The number of furan rings is 1. The molecule has 0 bridgehead atoms. The van der Waals surface area contributed by atoms with Crippen molar-refractivity contribution in [2.75, 3.05) is 7.05 Å². The van der Waals surface area contributed by atoms with Crippen molar-refractivity contribution < 1.29 is 8.81 Å². The van der Waals surface area contributed by atoms with Crippen LogP contribution in [0, 0.1) is 12.7 Å². The Morgan fingerprint density at radius 1 is 1.30 bits per heavy atom. The summed E-state index contributed by atoms with van der Waals surface area (Å²) in [6, 6.07) is 7.04. The van der Waals surface area contributed by atoms with E-state index < -0.39 is 0 Å². The number of hydrogen-bond acceptors (Lipinski definition) is 3. The molecule has 0 saturated carbocycles. The molecule has 0 unspecified atom stereocenters. The summed E-state index contributed by atoms with van der Waals surface area (Å²) >= 11 is 4.85. The highest BCUT2D eigenvalue weighted by Gasteiger charge is 2.12. The summed E-state index contributed by atoms with van der Waals surface area (Å²) in [5.74, 6) is 0.546. The van der Waals surface area contributed by atoms with Crippen LogP contribution >= 0.6 is 12.2 Å². The Morgan fingerprint density at radius 3 is 2.60 bits per heavy atom. The first kappa shape index (κ1) is 14.7. The van der Waals surface area contributed by atoms with Gasteiger partial charge in [0.25, 0.3) is 0 Å². The van der Waals surface area contributed by atoms with Crippen LogP contribution in [0.3, 0.4) is 0 Å². The van der Waals surface area contributed by atoms with Crippen LogP contribution in [0.4, 0.5) is 4.39 Å². The highest BCUT2D eigenvalue weighted by atomic mass is 32.1. The minimum atomic E-state index is -0.337. The first-order chi connectivity index (χ1) is 9.49. The van der Waals surface area contributed by atoms with Crippen molar-refractivity contribution in [1.29, 1.82) is 0 Å². The van der Waals surface area contributed by atoms with E-state index in [-0.39, 0.29) is 10.8 Å². The highest BCUT2D eigenvalue weighted by Crippen LogP contribution is 2.17. The summed E-state index contributed by atoms with van der Waals surface area (Å²) in [4.78, 5) is 2.09. The van der Waals surface area contributed by atoms with Crippen molar-refractivity contribution in [2.45, 2.75) is 20.0 Å². The van der Waals surface area contributed by atoms with Crippen LogP contribution in [0.2, 0.25) is 0 Å². The van der Waals surface area contributed by atoms with E-state index in [1.807, 2.05) is 24.9 Å². The lowest BCUT2D eigenvalue weighted by molar-refractivity contribution is 0.311. The highest BCUT2D eigenvalue weighted by molar-refractivity contribution is 7.80. The molecule has 2 rings (SSSR count). The van der Waals surface area contributed by atoms with Gasteiger partial charge in [0.15, 0.2) is 0 Å². The Morgan fingerprint density at radius 2 is 2.00 bits per heavy atom. The fraction of sp³-hybridized carbons (Fsp3) is 0.267. The number of benzene rings is 1. The summed E-state index contributed by atoms with van der Waals surface area (Å²) < 4.78 is 19.5. The largest absolute Gasteiger partial charge is 0.469 e. The lowest BCUT2D eigenvalue weighted by atomic mass is 10.1. The summed E-state index contributed by atoms with van der Waals surface area (Å²) in [5.41, 5.74) is 7.48. The maximum absolute atomic E-state index is 14.2. The summed E-state index contributed by atoms with van der Waals surface area (Å²) in [5, 5.41) is 0. The topological polar surface area (TPSA) is 42.4 Å². The Kier molecular flexibility index (Phi) is 4.52. The quantitative estimate of drug-likeness (QED) is 0.860. The maximum Gasteiger partial charge on any atom is 0.137 e. The van der Waals surface area contributed by atoms with Gasteiger partial charge >= 0.3 is 0 Å². The molecule has 3 nitrogen and oxygen atoms in total. The zero-order valence-electron chi connectivity index (χ0n) is 11.5. The van der Waals surface area contributed by atoms with E-state index >= 15 is 0 Å². The number of aryl methyl sites for hydroxylation is 1. The molecule has 0 amide bonds. The molecule has 0 fully saturated rings. The van der Waals surface area contributed by atoms with Crippen molar-refractivity contribution in [3.8, 4) is 0 Å². The van der Waals surface area contributed by atoms with Crippen molar-refractivity contribution in [3.63, 3.8) is 0 Å². The molecule has 0 aliphatic carbocycles. The van der Waals surface area contributed by atoms with E-state index in [4.69, 9.17) is 22.4 Å². The monoisotopic (exact) mass is 292 g/mol. The molecule has 0 atom stereocenters. The van der Waals surface area contributed by atoms with Crippen LogP contribution in [0.1, 0.15) is 22.5 Å². The molecule has 20 heavy (non-hydrogen) atoms. The van der Waals surface area contributed by atoms with Gasteiger partial charge in [-0.1, -0.05) is 24.4 Å². The predicted octanol–water partition coefficient (Wildman–Crippen LogP) is 2.99.